The summed E-state index contributed by atoms with van der Waals surface area (Å²) in [4.78, 5) is 0. The first kappa shape index (κ1) is 16.4. The van der Waals surface area contributed by atoms with E-state index in [1.807, 2.05) is 0 Å². The van der Waals surface area contributed by atoms with E-state index in [0.717, 1.165) is 30.3 Å². The molecule has 2 nitrogen and oxygen atoms in total. The van der Waals surface area contributed by atoms with Gasteiger partial charge < -0.3 is 10.1 Å². The molecule has 0 aliphatic rings. The molecule has 4 heteroatoms. The van der Waals surface area contributed by atoms with Crippen molar-refractivity contribution in [2.75, 3.05) is 13.2 Å². The number of halogens is 2. The summed E-state index contributed by atoms with van der Waals surface area (Å²) in [5, 5.41) is 3.44. The van der Waals surface area contributed by atoms with Crippen molar-refractivity contribution >= 4 is 15.9 Å². The summed E-state index contributed by atoms with van der Waals surface area (Å²) in [5.74, 6) is 0.0137. The third kappa shape index (κ3) is 7.53. The predicted octanol–water partition coefficient (Wildman–Crippen LogP) is 4.53. The lowest BCUT2D eigenvalue weighted by Crippen LogP contribution is -2.36. The lowest BCUT2D eigenvalue weighted by atomic mass is 10.1. The Hall–Kier alpha value is -0.610. The van der Waals surface area contributed by atoms with Crippen LogP contribution in [0.1, 0.15) is 40.0 Å². The van der Waals surface area contributed by atoms with E-state index in [2.05, 4.69) is 42.0 Å². The van der Waals surface area contributed by atoms with E-state index in [-0.39, 0.29) is 11.4 Å². The highest BCUT2D eigenvalue weighted by atomic mass is 79.9. The van der Waals surface area contributed by atoms with Gasteiger partial charge in [0.2, 0.25) is 0 Å². The molecule has 19 heavy (non-hydrogen) atoms. The Balaban J connectivity index is 2.11. The number of benzene rings is 1. The topological polar surface area (TPSA) is 21.3 Å². The predicted molar refractivity (Wildman–Crippen MR) is 81.2 cm³/mol. The summed E-state index contributed by atoms with van der Waals surface area (Å²) in [6.07, 6.45) is 3.14. The zero-order valence-corrected chi connectivity index (χ0v) is 13.5. The minimum absolute atomic E-state index is 0.178. The number of nitrogens with one attached hydrogen (secondary N) is 1. The Morgan fingerprint density at radius 3 is 2.58 bits per heavy atom. The smallest absolute Gasteiger partial charge is 0.166 e. The minimum Gasteiger partial charge on any atom is -0.491 e. The first-order chi connectivity index (χ1) is 8.88. The molecule has 1 rings (SSSR count). The second-order valence-corrected chi connectivity index (χ2v) is 6.58. The van der Waals surface area contributed by atoms with Crippen molar-refractivity contribution in [3.8, 4) is 5.75 Å². The van der Waals surface area contributed by atoms with Crippen LogP contribution < -0.4 is 10.1 Å². The number of unbranched alkanes of at least 4 members (excludes halogenated alkanes) is 2. The van der Waals surface area contributed by atoms with Crippen molar-refractivity contribution in [2.45, 2.75) is 45.6 Å². The SMILES string of the molecule is CC(C)(C)NCCCCCOc1ccc(Br)cc1F. The van der Waals surface area contributed by atoms with Gasteiger partial charge in [0, 0.05) is 10.0 Å². The van der Waals surface area contributed by atoms with Crippen molar-refractivity contribution in [3.05, 3.63) is 28.5 Å². The molecule has 0 aliphatic carbocycles. The molecule has 0 amide bonds. The summed E-state index contributed by atoms with van der Waals surface area (Å²) in [7, 11) is 0. The third-order valence-electron chi connectivity index (χ3n) is 2.63. The van der Waals surface area contributed by atoms with Crippen LogP contribution in [0.25, 0.3) is 0 Å². The van der Waals surface area contributed by atoms with Crippen LogP contribution in [0.5, 0.6) is 5.75 Å². The van der Waals surface area contributed by atoms with Crippen LogP contribution in [0.4, 0.5) is 4.39 Å². The molecule has 0 saturated heterocycles. The number of hydrogen-bond acceptors (Lipinski definition) is 2. The van der Waals surface area contributed by atoms with Crippen LogP contribution >= 0.6 is 15.9 Å². The van der Waals surface area contributed by atoms with Crippen molar-refractivity contribution in [3.63, 3.8) is 0 Å². The zero-order chi connectivity index (χ0) is 14.3. The van der Waals surface area contributed by atoms with Gasteiger partial charge in [0.05, 0.1) is 6.61 Å². The molecule has 1 N–H and O–H groups in total. The average molecular weight is 332 g/mol. The summed E-state index contributed by atoms with van der Waals surface area (Å²) in [6, 6.07) is 4.86. The zero-order valence-electron chi connectivity index (χ0n) is 11.9. The van der Waals surface area contributed by atoms with Gasteiger partial charge in [-0.3, -0.25) is 0 Å². The molecule has 1 aromatic carbocycles. The van der Waals surface area contributed by atoms with Gasteiger partial charge in [0.15, 0.2) is 11.6 Å². The highest BCUT2D eigenvalue weighted by molar-refractivity contribution is 9.10. The third-order valence-corrected chi connectivity index (χ3v) is 3.12. The van der Waals surface area contributed by atoms with Crippen molar-refractivity contribution in [2.24, 2.45) is 0 Å². The molecule has 1 aromatic rings. The van der Waals surface area contributed by atoms with E-state index in [1.165, 1.54) is 6.07 Å². The molecule has 0 heterocycles. The summed E-state index contributed by atoms with van der Waals surface area (Å²) in [5.41, 5.74) is 0.178. The molecular weight excluding hydrogens is 309 g/mol. The molecule has 0 aliphatic heterocycles. The van der Waals surface area contributed by atoms with Crippen LogP contribution in [0.15, 0.2) is 22.7 Å². The van der Waals surface area contributed by atoms with Crippen molar-refractivity contribution < 1.29 is 9.13 Å². The van der Waals surface area contributed by atoms with Gasteiger partial charge >= 0.3 is 0 Å². The molecule has 0 spiro atoms. The monoisotopic (exact) mass is 331 g/mol. The maximum absolute atomic E-state index is 13.4. The Labute approximate surface area is 123 Å². The molecule has 0 unspecified atom stereocenters. The van der Waals surface area contributed by atoms with Gasteiger partial charge in [-0.2, -0.15) is 0 Å². The highest BCUT2D eigenvalue weighted by Crippen LogP contribution is 2.21. The molecule has 0 atom stereocenters. The minimum atomic E-state index is -0.316. The lowest BCUT2D eigenvalue weighted by Gasteiger charge is -2.20. The van der Waals surface area contributed by atoms with Gasteiger partial charge in [-0.1, -0.05) is 15.9 Å². The quantitative estimate of drug-likeness (QED) is 0.741. The molecular formula is C15H23BrFNO. The lowest BCUT2D eigenvalue weighted by molar-refractivity contribution is 0.289. The molecule has 108 valence electrons. The summed E-state index contributed by atoms with van der Waals surface area (Å²) >= 11 is 3.22. The van der Waals surface area contributed by atoms with Crippen LogP contribution in [0.2, 0.25) is 0 Å². The van der Waals surface area contributed by atoms with Gasteiger partial charge in [0.1, 0.15) is 0 Å². The number of rotatable bonds is 7. The Morgan fingerprint density at radius 2 is 1.95 bits per heavy atom. The van der Waals surface area contributed by atoms with Crippen LogP contribution in [0, 0.1) is 5.82 Å². The standard InChI is InChI=1S/C15H23BrFNO/c1-15(2,3)18-9-5-4-6-10-19-14-8-7-12(16)11-13(14)17/h7-8,11,18H,4-6,9-10H2,1-3H3. The van der Waals surface area contributed by atoms with E-state index >= 15 is 0 Å². The van der Waals surface area contributed by atoms with E-state index in [0.29, 0.717) is 12.4 Å². The molecule has 0 aromatic heterocycles. The van der Waals surface area contributed by atoms with E-state index in [4.69, 9.17) is 4.74 Å². The van der Waals surface area contributed by atoms with Crippen molar-refractivity contribution in [1.82, 2.24) is 5.32 Å². The second-order valence-electron chi connectivity index (χ2n) is 5.66. The Bertz CT molecular complexity index is 390. The molecule has 0 radical (unpaired) electrons. The maximum atomic E-state index is 13.4. The molecule has 0 bridgehead atoms. The Morgan fingerprint density at radius 1 is 1.21 bits per heavy atom. The van der Waals surface area contributed by atoms with Gasteiger partial charge in [-0.15, -0.1) is 0 Å². The highest BCUT2D eigenvalue weighted by Gasteiger charge is 2.07. The maximum Gasteiger partial charge on any atom is 0.166 e. The normalized spacial score (nSPS) is 11.6. The second kappa shape index (κ2) is 7.85. The van der Waals surface area contributed by atoms with Crippen LogP contribution in [-0.2, 0) is 0 Å². The fourth-order valence-corrected chi connectivity index (χ4v) is 1.97. The van der Waals surface area contributed by atoms with Gasteiger partial charge in [-0.05, 0) is 64.8 Å². The Kier molecular flexibility index (Phi) is 6.80. The van der Waals surface area contributed by atoms with Crippen LogP contribution in [-0.4, -0.2) is 18.7 Å². The molecule has 0 saturated carbocycles. The fourth-order valence-electron chi connectivity index (χ4n) is 1.64. The number of ether oxygens (including phenoxy) is 1. The van der Waals surface area contributed by atoms with Gasteiger partial charge in [-0.25, -0.2) is 4.39 Å². The largest absolute Gasteiger partial charge is 0.491 e. The average Bonchev–Trinajstić information content (AvgIpc) is 2.29. The first-order valence-corrected chi connectivity index (χ1v) is 7.51. The summed E-state index contributed by atoms with van der Waals surface area (Å²) < 4.78 is 19.6. The van der Waals surface area contributed by atoms with Gasteiger partial charge in [0.25, 0.3) is 0 Å². The first-order valence-electron chi connectivity index (χ1n) is 6.71. The van der Waals surface area contributed by atoms with E-state index in [9.17, 15) is 4.39 Å². The van der Waals surface area contributed by atoms with E-state index in [1.54, 1.807) is 12.1 Å². The molecule has 0 fully saturated rings. The fraction of sp³-hybridized carbons (Fsp3) is 0.600. The number of hydrogen-bond donors (Lipinski definition) is 1. The summed E-state index contributed by atoms with van der Waals surface area (Å²) in [6.45, 7) is 8.05. The van der Waals surface area contributed by atoms with E-state index < -0.39 is 0 Å². The van der Waals surface area contributed by atoms with Crippen LogP contribution in [0.3, 0.4) is 0 Å². The van der Waals surface area contributed by atoms with Crippen molar-refractivity contribution in [1.29, 1.82) is 0 Å².